The Morgan fingerprint density at radius 2 is 1.62 bits per heavy atom. The topological polar surface area (TPSA) is 59.0 Å². The highest BCUT2D eigenvalue weighted by Gasteiger charge is 2.32. The van der Waals surface area contributed by atoms with Crippen LogP contribution in [0.4, 0.5) is 5.69 Å². The average Bonchev–Trinajstić information content (AvgIpc) is 3.04. The lowest BCUT2D eigenvalue weighted by atomic mass is 9.84. The minimum atomic E-state index is -0.613. The molecule has 1 atom stereocenters. The Labute approximate surface area is 238 Å². The Morgan fingerprint density at radius 3 is 2.30 bits per heavy atom. The van der Waals surface area contributed by atoms with E-state index in [0.717, 1.165) is 22.4 Å². The van der Waals surface area contributed by atoms with E-state index < -0.39 is 17.6 Å². The largest absolute Gasteiger partial charge is 0.456 e. The maximum Gasteiger partial charge on any atom is 0.338 e. The number of carbonyl (C=O) groups is 2. The number of hydrogen-bond donors (Lipinski definition) is 0. The summed E-state index contributed by atoms with van der Waals surface area (Å²) >= 11 is 0. The summed E-state index contributed by atoms with van der Waals surface area (Å²) in [5, 5.41) is 0. The van der Waals surface area contributed by atoms with Crippen LogP contribution in [0.2, 0.25) is 0 Å². The molecule has 5 rings (SSSR count). The number of benzene rings is 3. The molecule has 1 amide bonds. The SMILES string of the molecule is CC1=N[C@H](Cc2ccccc2)C(=O)N(Cc2ccc(C3CCCCC3)cc2)c2cc(C(=O)OC(C)(C)C)ccc21. The van der Waals surface area contributed by atoms with Gasteiger partial charge in [-0.2, -0.15) is 0 Å². The number of rotatable bonds is 6. The van der Waals surface area contributed by atoms with Gasteiger partial charge in [-0.25, -0.2) is 4.79 Å². The first kappa shape index (κ1) is 27.8. The third-order valence-electron chi connectivity index (χ3n) is 7.88. The molecule has 3 aromatic carbocycles. The smallest absolute Gasteiger partial charge is 0.338 e. The van der Waals surface area contributed by atoms with E-state index in [4.69, 9.17) is 9.73 Å². The molecule has 2 aliphatic rings. The number of nitrogens with zero attached hydrogens (tertiary/aromatic N) is 2. The Kier molecular flexibility index (Phi) is 8.20. The van der Waals surface area contributed by atoms with Gasteiger partial charge in [0.2, 0.25) is 0 Å². The molecule has 0 N–H and O–H groups in total. The zero-order valence-electron chi connectivity index (χ0n) is 24.2. The van der Waals surface area contributed by atoms with Crippen LogP contribution in [0.5, 0.6) is 0 Å². The number of anilines is 1. The fourth-order valence-electron chi connectivity index (χ4n) is 5.83. The number of esters is 1. The van der Waals surface area contributed by atoms with Crippen LogP contribution in [0.3, 0.4) is 0 Å². The van der Waals surface area contributed by atoms with E-state index in [-0.39, 0.29) is 5.91 Å². The maximum atomic E-state index is 14.2. The fraction of sp³-hybridized carbons (Fsp3) is 0.400. The van der Waals surface area contributed by atoms with E-state index >= 15 is 0 Å². The van der Waals surface area contributed by atoms with Crippen LogP contribution in [0, 0.1) is 0 Å². The molecule has 0 unspecified atom stereocenters. The van der Waals surface area contributed by atoms with Crippen LogP contribution in [-0.2, 0) is 22.5 Å². The van der Waals surface area contributed by atoms with Crippen LogP contribution in [0.15, 0.2) is 77.8 Å². The fourth-order valence-corrected chi connectivity index (χ4v) is 5.83. The summed E-state index contributed by atoms with van der Waals surface area (Å²) in [5.74, 6) is 0.157. The molecule has 3 aromatic rings. The molecule has 0 aromatic heterocycles. The number of fused-ring (bicyclic) bond motifs is 1. The minimum Gasteiger partial charge on any atom is -0.456 e. The Morgan fingerprint density at radius 1 is 0.925 bits per heavy atom. The van der Waals surface area contributed by atoms with Crippen LogP contribution in [0.25, 0.3) is 0 Å². The molecule has 40 heavy (non-hydrogen) atoms. The van der Waals surface area contributed by atoms with Crippen molar-refractivity contribution in [3.8, 4) is 0 Å². The van der Waals surface area contributed by atoms with Crippen molar-refractivity contribution in [2.45, 2.75) is 90.3 Å². The molecule has 0 radical (unpaired) electrons. The van der Waals surface area contributed by atoms with Crippen molar-refractivity contribution < 1.29 is 14.3 Å². The average molecular weight is 537 g/mol. The van der Waals surface area contributed by atoms with Gasteiger partial charge in [0.25, 0.3) is 5.91 Å². The van der Waals surface area contributed by atoms with E-state index in [2.05, 4.69) is 24.3 Å². The predicted octanol–water partition coefficient (Wildman–Crippen LogP) is 7.66. The molecule has 1 aliphatic carbocycles. The standard InChI is InChI=1S/C35H40N2O3/c1-24-30-20-19-29(34(39)40-35(2,3)4)22-32(30)37(33(38)31(36-24)21-25-11-7-5-8-12-25)23-26-15-17-28(18-16-26)27-13-9-6-10-14-27/h5,7-8,11-12,15-20,22,27,31H,6,9-10,13-14,21,23H2,1-4H3/t31-/m1/s1. The highest BCUT2D eigenvalue weighted by atomic mass is 16.6. The molecule has 1 aliphatic heterocycles. The Bertz CT molecular complexity index is 1380. The molecule has 208 valence electrons. The quantitative estimate of drug-likeness (QED) is 0.304. The Balaban J connectivity index is 1.50. The Hall–Kier alpha value is -3.73. The molecule has 0 bridgehead atoms. The molecule has 5 heteroatoms. The van der Waals surface area contributed by atoms with Crippen molar-refractivity contribution in [2.75, 3.05) is 4.90 Å². The number of carbonyl (C=O) groups excluding carboxylic acids is 2. The molecule has 0 spiro atoms. The number of amides is 1. The van der Waals surface area contributed by atoms with Gasteiger partial charge in [0.1, 0.15) is 11.6 Å². The van der Waals surface area contributed by atoms with Gasteiger partial charge in [0.05, 0.1) is 17.8 Å². The van der Waals surface area contributed by atoms with Crippen molar-refractivity contribution in [3.05, 3.63) is 101 Å². The molecule has 0 saturated heterocycles. The monoisotopic (exact) mass is 536 g/mol. The van der Waals surface area contributed by atoms with Gasteiger partial charge in [-0.1, -0.05) is 79.9 Å². The normalized spacial score (nSPS) is 18.1. The van der Waals surface area contributed by atoms with Gasteiger partial charge in [0.15, 0.2) is 0 Å². The second-order valence-corrected chi connectivity index (χ2v) is 12.2. The molecule has 1 saturated carbocycles. The highest BCUT2D eigenvalue weighted by molar-refractivity contribution is 6.12. The van der Waals surface area contributed by atoms with Gasteiger partial charge in [0, 0.05) is 17.7 Å². The molecule has 1 fully saturated rings. The number of hydrogen-bond acceptors (Lipinski definition) is 4. The third-order valence-corrected chi connectivity index (χ3v) is 7.88. The molecule has 5 nitrogen and oxygen atoms in total. The van der Waals surface area contributed by atoms with Gasteiger partial charge < -0.3 is 9.64 Å². The van der Waals surface area contributed by atoms with E-state index in [1.807, 2.05) is 69.0 Å². The lowest BCUT2D eigenvalue weighted by Crippen LogP contribution is -2.38. The first-order valence-corrected chi connectivity index (χ1v) is 14.5. The predicted molar refractivity (Wildman–Crippen MR) is 161 cm³/mol. The van der Waals surface area contributed by atoms with E-state index in [1.165, 1.54) is 37.7 Å². The van der Waals surface area contributed by atoms with Crippen molar-refractivity contribution in [1.29, 1.82) is 0 Å². The lowest BCUT2D eigenvalue weighted by molar-refractivity contribution is -0.119. The van der Waals surface area contributed by atoms with E-state index in [1.54, 1.807) is 12.1 Å². The minimum absolute atomic E-state index is 0.0698. The summed E-state index contributed by atoms with van der Waals surface area (Å²) in [6.45, 7) is 7.91. The van der Waals surface area contributed by atoms with Gasteiger partial charge in [-0.3, -0.25) is 9.79 Å². The second-order valence-electron chi connectivity index (χ2n) is 12.2. The zero-order valence-corrected chi connectivity index (χ0v) is 24.2. The van der Waals surface area contributed by atoms with Gasteiger partial charge in [-0.15, -0.1) is 0 Å². The number of benzodiazepines with no additional fused rings is 1. The summed E-state index contributed by atoms with van der Waals surface area (Å²) in [7, 11) is 0. The van der Waals surface area contributed by atoms with Gasteiger partial charge in [-0.05, 0) is 75.3 Å². The van der Waals surface area contributed by atoms with Crippen molar-refractivity contribution in [3.63, 3.8) is 0 Å². The van der Waals surface area contributed by atoms with Crippen LogP contribution in [0.1, 0.15) is 98.3 Å². The van der Waals surface area contributed by atoms with Crippen LogP contribution >= 0.6 is 0 Å². The summed E-state index contributed by atoms with van der Waals surface area (Å²) in [6.07, 6.45) is 6.95. The molecular formula is C35H40N2O3. The van der Waals surface area contributed by atoms with E-state index in [9.17, 15) is 9.59 Å². The molecular weight excluding hydrogens is 496 g/mol. The van der Waals surface area contributed by atoms with Crippen molar-refractivity contribution >= 4 is 23.3 Å². The van der Waals surface area contributed by atoms with Crippen molar-refractivity contribution in [1.82, 2.24) is 0 Å². The van der Waals surface area contributed by atoms with E-state index in [0.29, 0.717) is 30.1 Å². The van der Waals surface area contributed by atoms with Crippen LogP contribution < -0.4 is 4.90 Å². The summed E-state index contributed by atoms with van der Waals surface area (Å²) < 4.78 is 5.65. The van der Waals surface area contributed by atoms with Crippen LogP contribution in [-0.4, -0.2) is 29.2 Å². The maximum absolute atomic E-state index is 14.2. The first-order chi connectivity index (χ1) is 19.2. The van der Waals surface area contributed by atoms with Gasteiger partial charge >= 0.3 is 5.97 Å². The summed E-state index contributed by atoms with van der Waals surface area (Å²) in [4.78, 5) is 33.9. The first-order valence-electron chi connectivity index (χ1n) is 14.5. The number of ether oxygens (including phenoxy) is 1. The summed E-state index contributed by atoms with van der Waals surface area (Å²) in [6, 6.07) is 23.7. The highest BCUT2D eigenvalue weighted by Crippen LogP contribution is 2.34. The zero-order chi connectivity index (χ0) is 28.3. The molecule has 1 heterocycles. The lowest BCUT2D eigenvalue weighted by Gasteiger charge is -2.27. The second kappa shape index (κ2) is 11.8. The summed E-state index contributed by atoms with van der Waals surface area (Å²) in [5.41, 5.74) is 5.66. The number of aliphatic imine (C=N–C) groups is 1. The third kappa shape index (κ3) is 6.52. The van der Waals surface area contributed by atoms with Crippen molar-refractivity contribution in [2.24, 2.45) is 4.99 Å².